The highest BCUT2D eigenvalue weighted by Crippen LogP contribution is 2.31. The van der Waals surface area contributed by atoms with Gasteiger partial charge >= 0.3 is 0 Å². The first-order chi connectivity index (χ1) is 10.2. The molecular weight excluding hydrogens is 282 g/mol. The molecule has 0 spiro atoms. The van der Waals surface area contributed by atoms with Crippen LogP contribution in [0, 0.1) is 0 Å². The summed E-state index contributed by atoms with van der Waals surface area (Å²) in [6, 6.07) is 15.4. The maximum absolute atomic E-state index is 10.7. The van der Waals surface area contributed by atoms with E-state index in [1.54, 1.807) is 6.20 Å². The van der Waals surface area contributed by atoms with Gasteiger partial charge in [0.2, 0.25) is 0 Å². The van der Waals surface area contributed by atoms with E-state index in [1.165, 1.54) is 5.56 Å². The van der Waals surface area contributed by atoms with Gasteiger partial charge in [0.1, 0.15) is 6.10 Å². The third-order valence-corrected chi connectivity index (χ3v) is 4.08. The quantitative estimate of drug-likeness (QED) is 0.770. The first kappa shape index (κ1) is 14.1. The van der Waals surface area contributed by atoms with E-state index in [4.69, 9.17) is 11.6 Å². The van der Waals surface area contributed by atoms with Crippen molar-refractivity contribution in [3.8, 4) is 0 Å². The topological polar surface area (TPSA) is 33.1 Å². The van der Waals surface area contributed by atoms with Gasteiger partial charge in [0.25, 0.3) is 0 Å². The third-order valence-electron chi connectivity index (χ3n) is 3.75. The molecule has 3 heteroatoms. The number of benzene rings is 2. The van der Waals surface area contributed by atoms with Crippen LogP contribution in [0.4, 0.5) is 0 Å². The lowest BCUT2D eigenvalue weighted by atomic mass is 9.97. The van der Waals surface area contributed by atoms with Crippen molar-refractivity contribution in [3.63, 3.8) is 0 Å². The molecule has 1 unspecified atom stereocenters. The van der Waals surface area contributed by atoms with E-state index in [0.29, 0.717) is 5.02 Å². The number of fused-ring (bicyclic) bond motifs is 1. The van der Waals surface area contributed by atoms with Gasteiger partial charge in [-0.25, -0.2) is 0 Å². The van der Waals surface area contributed by atoms with Gasteiger partial charge in [0, 0.05) is 22.2 Å². The van der Waals surface area contributed by atoms with Gasteiger partial charge in [-0.1, -0.05) is 48.9 Å². The molecule has 1 aromatic heterocycles. The van der Waals surface area contributed by atoms with Crippen LogP contribution in [0.25, 0.3) is 10.9 Å². The zero-order valence-corrected chi connectivity index (χ0v) is 12.5. The number of hydrogen-bond acceptors (Lipinski definition) is 2. The molecule has 1 N–H and O–H groups in total. The van der Waals surface area contributed by atoms with Gasteiger partial charge in [-0.05, 0) is 35.7 Å². The Labute approximate surface area is 129 Å². The predicted molar refractivity (Wildman–Crippen MR) is 86.6 cm³/mol. The standard InChI is InChI=1S/C18H16ClNO/c1-2-12-5-7-13(8-6-12)18(21)15-9-10-16(19)14-4-3-11-20-17(14)15/h3-11,18,21H,2H2,1H3. The minimum Gasteiger partial charge on any atom is -0.384 e. The van der Waals surface area contributed by atoms with E-state index >= 15 is 0 Å². The molecule has 3 aromatic rings. The lowest BCUT2D eigenvalue weighted by molar-refractivity contribution is 0.221. The predicted octanol–water partition coefficient (Wildman–Crippen LogP) is 4.53. The first-order valence-corrected chi connectivity index (χ1v) is 7.38. The molecule has 2 aromatic carbocycles. The van der Waals surface area contributed by atoms with Crippen molar-refractivity contribution in [2.75, 3.05) is 0 Å². The summed E-state index contributed by atoms with van der Waals surface area (Å²) < 4.78 is 0. The normalized spacial score (nSPS) is 12.5. The van der Waals surface area contributed by atoms with Gasteiger partial charge in [-0.3, -0.25) is 4.98 Å². The maximum atomic E-state index is 10.7. The molecule has 0 saturated carbocycles. The van der Waals surface area contributed by atoms with E-state index < -0.39 is 6.10 Å². The van der Waals surface area contributed by atoms with Crippen molar-refractivity contribution in [2.45, 2.75) is 19.4 Å². The summed E-state index contributed by atoms with van der Waals surface area (Å²) >= 11 is 6.20. The van der Waals surface area contributed by atoms with E-state index in [-0.39, 0.29) is 0 Å². The monoisotopic (exact) mass is 297 g/mol. The molecule has 0 aliphatic heterocycles. The van der Waals surface area contributed by atoms with E-state index in [2.05, 4.69) is 11.9 Å². The van der Waals surface area contributed by atoms with Crippen molar-refractivity contribution in [1.29, 1.82) is 0 Å². The molecule has 0 aliphatic rings. The van der Waals surface area contributed by atoms with Crippen molar-refractivity contribution in [1.82, 2.24) is 4.98 Å². The van der Waals surface area contributed by atoms with Crippen LogP contribution in [0.3, 0.4) is 0 Å². The summed E-state index contributed by atoms with van der Waals surface area (Å²) in [5, 5.41) is 12.2. The summed E-state index contributed by atoms with van der Waals surface area (Å²) in [6.45, 7) is 2.11. The Bertz CT molecular complexity index is 768. The number of nitrogens with zero attached hydrogens (tertiary/aromatic N) is 1. The highest BCUT2D eigenvalue weighted by molar-refractivity contribution is 6.35. The molecule has 106 valence electrons. The van der Waals surface area contributed by atoms with Crippen LogP contribution in [0.1, 0.15) is 29.7 Å². The number of hydrogen-bond donors (Lipinski definition) is 1. The molecule has 0 fully saturated rings. The molecule has 3 rings (SSSR count). The minimum absolute atomic E-state index is 0.649. The Balaban J connectivity index is 2.08. The summed E-state index contributed by atoms with van der Waals surface area (Å²) in [4.78, 5) is 4.38. The molecule has 1 heterocycles. The van der Waals surface area contributed by atoms with Crippen molar-refractivity contribution in [3.05, 3.63) is 76.4 Å². The Kier molecular flexibility index (Phi) is 3.91. The lowest BCUT2D eigenvalue weighted by Gasteiger charge is -2.14. The van der Waals surface area contributed by atoms with Gasteiger partial charge < -0.3 is 5.11 Å². The summed E-state index contributed by atoms with van der Waals surface area (Å²) in [5.74, 6) is 0. The largest absolute Gasteiger partial charge is 0.384 e. The average molecular weight is 298 g/mol. The van der Waals surface area contributed by atoms with Crippen molar-refractivity contribution >= 4 is 22.5 Å². The lowest BCUT2D eigenvalue weighted by Crippen LogP contribution is -2.02. The fourth-order valence-electron chi connectivity index (χ4n) is 2.50. The fourth-order valence-corrected chi connectivity index (χ4v) is 2.71. The van der Waals surface area contributed by atoms with Gasteiger partial charge in [0.05, 0.1) is 5.52 Å². The molecule has 1 atom stereocenters. The van der Waals surface area contributed by atoms with Crippen LogP contribution in [0.5, 0.6) is 0 Å². The van der Waals surface area contributed by atoms with Gasteiger partial charge in [-0.2, -0.15) is 0 Å². The van der Waals surface area contributed by atoms with Gasteiger partial charge in [0.15, 0.2) is 0 Å². The maximum Gasteiger partial charge on any atom is 0.106 e. The fraction of sp³-hybridized carbons (Fsp3) is 0.167. The Morgan fingerprint density at radius 2 is 1.86 bits per heavy atom. The summed E-state index contributed by atoms with van der Waals surface area (Å²) in [6.07, 6.45) is 2.00. The molecule has 0 bridgehead atoms. The first-order valence-electron chi connectivity index (χ1n) is 7.00. The SMILES string of the molecule is CCc1ccc(C(O)c2ccc(Cl)c3cccnc23)cc1. The summed E-state index contributed by atoms with van der Waals surface area (Å²) in [7, 11) is 0. The smallest absolute Gasteiger partial charge is 0.106 e. The highest BCUT2D eigenvalue weighted by atomic mass is 35.5. The Hall–Kier alpha value is -1.90. The third kappa shape index (κ3) is 2.65. The van der Waals surface area contributed by atoms with Crippen LogP contribution < -0.4 is 0 Å². The van der Waals surface area contributed by atoms with Crippen LogP contribution in [0.2, 0.25) is 5.02 Å². The number of aliphatic hydroxyl groups is 1. The highest BCUT2D eigenvalue weighted by Gasteiger charge is 2.15. The van der Waals surface area contributed by atoms with Crippen LogP contribution >= 0.6 is 11.6 Å². The number of aryl methyl sites for hydroxylation is 1. The van der Waals surface area contributed by atoms with Crippen molar-refractivity contribution < 1.29 is 5.11 Å². The second kappa shape index (κ2) is 5.84. The summed E-state index contributed by atoms with van der Waals surface area (Å²) in [5.41, 5.74) is 3.64. The zero-order chi connectivity index (χ0) is 14.8. The van der Waals surface area contributed by atoms with Crippen molar-refractivity contribution in [2.24, 2.45) is 0 Å². The number of pyridine rings is 1. The molecule has 0 saturated heterocycles. The number of rotatable bonds is 3. The molecule has 2 nitrogen and oxygen atoms in total. The van der Waals surface area contributed by atoms with Crippen LogP contribution in [-0.2, 0) is 6.42 Å². The zero-order valence-electron chi connectivity index (χ0n) is 11.8. The number of aromatic nitrogens is 1. The number of aliphatic hydroxyl groups excluding tert-OH is 1. The molecule has 0 aliphatic carbocycles. The Morgan fingerprint density at radius 1 is 1.10 bits per heavy atom. The van der Waals surface area contributed by atoms with E-state index in [0.717, 1.165) is 28.5 Å². The van der Waals surface area contributed by atoms with E-state index in [9.17, 15) is 5.11 Å². The molecular formula is C18H16ClNO. The Morgan fingerprint density at radius 3 is 2.57 bits per heavy atom. The van der Waals surface area contributed by atoms with Gasteiger partial charge in [-0.15, -0.1) is 0 Å². The van der Waals surface area contributed by atoms with Crippen LogP contribution in [0.15, 0.2) is 54.7 Å². The number of halogens is 1. The second-order valence-electron chi connectivity index (χ2n) is 5.03. The minimum atomic E-state index is -0.703. The van der Waals surface area contributed by atoms with E-state index in [1.807, 2.05) is 48.5 Å². The average Bonchev–Trinajstić information content (AvgIpc) is 2.55. The molecule has 0 radical (unpaired) electrons. The molecule has 21 heavy (non-hydrogen) atoms. The van der Waals surface area contributed by atoms with Crippen LogP contribution in [-0.4, -0.2) is 10.1 Å². The molecule has 0 amide bonds. The second-order valence-corrected chi connectivity index (χ2v) is 5.44.